The first kappa shape index (κ1) is 14.9. The molecule has 0 aromatic carbocycles. The molecule has 0 aliphatic heterocycles. The lowest BCUT2D eigenvalue weighted by Gasteiger charge is -2.09. The summed E-state index contributed by atoms with van der Waals surface area (Å²) in [4.78, 5) is 0.0951. The summed E-state index contributed by atoms with van der Waals surface area (Å²) < 4.78 is 32.2. The second kappa shape index (κ2) is 6.12. The third-order valence-electron chi connectivity index (χ3n) is 2.22. The average molecular weight is 292 g/mol. The van der Waals surface area contributed by atoms with E-state index in [0.717, 1.165) is 0 Å². The van der Waals surface area contributed by atoms with E-state index in [1.54, 1.807) is 7.05 Å². The first-order valence-corrected chi connectivity index (χ1v) is 7.24. The zero-order chi connectivity index (χ0) is 13.8. The normalized spacial score (nSPS) is 11.4. The van der Waals surface area contributed by atoms with E-state index in [1.165, 1.54) is 18.0 Å². The molecule has 1 aromatic heterocycles. The molecule has 1 rings (SSSR count). The van der Waals surface area contributed by atoms with Crippen LogP contribution in [0.1, 0.15) is 12.0 Å². The molecule has 1 heterocycles. The van der Waals surface area contributed by atoms with Gasteiger partial charge in [-0.05, 0) is 6.42 Å². The van der Waals surface area contributed by atoms with E-state index in [-0.39, 0.29) is 16.6 Å². The molecule has 9 heteroatoms. The van der Waals surface area contributed by atoms with E-state index in [9.17, 15) is 8.42 Å². The predicted molar refractivity (Wildman–Crippen MR) is 73.0 cm³/mol. The van der Waals surface area contributed by atoms with Crippen LogP contribution in [0, 0.1) is 0 Å². The number of hydrogen-bond acceptors (Lipinski definition) is 5. The highest BCUT2D eigenvalue weighted by molar-refractivity contribution is 7.92. The summed E-state index contributed by atoms with van der Waals surface area (Å²) in [6.07, 6.45) is 1.83. The largest absolute Gasteiger partial charge is 0.389 e. The van der Waals surface area contributed by atoms with Crippen molar-refractivity contribution in [1.29, 1.82) is 0 Å². The van der Waals surface area contributed by atoms with Gasteiger partial charge >= 0.3 is 0 Å². The highest BCUT2D eigenvalue weighted by Crippen LogP contribution is 2.15. The maximum Gasteiger partial charge on any atom is 0.233 e. The van der Waals surface area contributed by atoms with Gasteiger partial charge in [-0.25, -0.2) is 8.42 Å². The van der Waals surface area contributed by atoms with Crippen molar-refractivity contribution in [1.82, 2.24) is 9.78 Å². The second-order valence-electron chi connectivity index (χ2n) is 3.66. The van der Waals surface area contributed by atoms with Crippen LogP contribution in [-0.4, -0.2) is 42.7 Å². The molecule has 18 heavy (non-hydrogen) atoms. The average Bonchev–Trinajstić information content (AvgIpc) is 2.60. The number of aryl methyl sites for hydroxylation is 1. The van der Waals surface area contributed by atoms with Crippen molar-refractivity contribution in [2.75, 3.05) is 24.2 Å². The summed E-state index contributed by atoms with van der Waals surface area (Å²) in [6, 6.07) is 0. The van der Waals surface area contributed by atoms with E-state index in [1.807, 2.05) is 0 Å². The van der Waals surface area contributed by atoms with Crippen molar-refractivity contribution in [2.24, 2.45) is 12.8 Å². The van der Waals surface area contributed by atoms with E-state index in [0.29, 0.717) is 18.6 Å². The van der Waals surface area contributed by atoms with Crippen LogP contribution in [0.5, 0.6) is 0 Å². The van der Waals surface area contributed by atoms with Crippen molar-refractivity contribution >= 4 is 33.0 Å². The number of rotatable bonds is 7. The van der Waals surface area contributed by atoms with Gasteiger partial charge in [-0.15, -0.1) is 0 Å². The molecule has 0 fully saturated rings. The Bertz CT molecular complexity index is 524. The van der Waals surface area contributed by atoms with E-state index in [4.69, 9.17) is 22.7 Å². The molecular formula is C9H16N4O3S2. The first-order valence-electron chi connectivity index (χ1n) is 5.18. The predicted octanol–water partition coefficient (Wildman–Crippen LogP) is -0.167. The van der Waals surface area contributed by atoms with Gasteiger partial charge in [0, 0.05) is 20.8 Å². The van der Waals surface area contributed by atoms with E-state index >= 15 is 0 Å². The standard InChI is InChI=1S/C9H16N4O3S2/c1-13-9(7(6-11-13)8(10)17)12-18(14,15)5-3-4-16-2/h6,12H,3-5H2,1-2H3,(H2,10,17). The number of nitrogens with two attached hydrogens (primary N) is 1. The molecule has 0 saturated heterocycles. The van der Waals surface area contributed by atoms with Crippen LogP contribution in [0.15, 0.2) is 6.20 Å². The summed E-state index contributed by atoms with van der Waals surface area (Å²) in [7, 11) is -0.335. The number of sulfonamides is 1. The van der Waals surface area contributed by atoms with Gasteiger partial charge in [-0.2, -0.15) is 5.10 Å². The highest BCUT2D eigenvalue weighted by atomic mass is 32.2. The van der Waals surface area contributed by atoms with Crippen LogP contribution >= 0.6 is 12.2 Å². The van der Waals surface area contributed by atoms with Crippen LogP contribution in [-0.2, 0) is 21.8 Å². The molecule has 0 unspecified atom stereocenters. The fourth-order valence-electron chi connectivity index (χ4n) is 1.33. The first-order chi connectivity index (χ1) is 8.37. The molecule has 0 spiro atoms. The Morgan fingerprint density at radius 2 is 2.33 bits per heavy atom. The minimum absolute atomic E-state index is 0.0389. The van der Waals surface area contributed by atoms with Crippen molar-refractivity contribution in [2.45, 2.75) is 6.42 Å². The van der Waals surface area contributed by atoms with E-state index in [2.05, 4.69) is 9.82 Å². The van der Waals surface area contributed by atoms with Gasteiger partial charge in [0.05, 0.1) is 17.5 Å². The van der Waals surface area contributed by atoms with Gasteiger partial charge in [0.25, 0.3) is 0 Å². The van der Waals surface area contributed by atoms with Crippen LogP contribution in [0.25, 0.3) is 0 Å². The molecule has 0 saturated carbocycles. The Hall–Kier alpha value is -1.19. The van der Waals surface area contributed by atoms with Crippen LogP contribution in [0.4, 0.5) is 5.82 Å². The van der Waals surface area contributed by atoms with Crippen molar-refractivity contribution < 1.29 is 13.2 Å². The number of thiocarbonyl (C=S) groups is 1. The summed E-state index contributed by atoms with van der Waals surface area (Å²) in [5, 5.41) is 3.92. The zero-order valence-electron chi connectivity index (χ0n) is 10.2. The number of aromatic nitrogens is 2. The molecule has 1 aromatic rings. The third-order valence-corrected chi connectivity index (χ3v) is 3.77. The van der Waals surface area contributed by atoms with E-state index < -0.39 is 10.0 Å². The second-order valence-corrected chi connectivity index (χ2v) is 5.94. The Morgan fingerprint density at radius 3 is 2.89 bits per heavy atom. The third kappa shape index (κ3) is 3.93. The van der Waals surface area contributed by atoms with Gasteiger partial charge in [0.1, 0.15) is 10.8 Å². The highest BCUT2D eigenvalue weighted by Gasteiger charge is 2.17. The topological polar surface area (TPSA) is 99.2 Å². The number of methoxy groups -OCH3 is 1. The van der Waals surface area contributed by atoms with Crippen LogP contribution in [0.2, 0.25) is 0 Å². The molecule has 0 bridgehead atoms. The van der Waals surface area contributed by atoms with Crippen molar-refractivity contribution in [3.8, 4) is 0 Å². The molecule has 3 N–H and O–H groups in total. The van der Waals surface area contributed by atoms with Gasteiger partial charge in [-0.3, -0.25) is 9.40 Å². The lowest BCUT2D eigenvalue weighted by Crippen LogP contribution is -2.22. The quantitative estimate of drug-likeness (QED) is 0.535. The lowest BCUT2D eigenvalue weighted by atomic mass is 10.3. The fraction of sp³-hybridized carbons (Fsp3) is 0.556. The zero-order valence-corrected chi connectivity index (χ0v) is 11.8. The van der Waals surface area contributed by atoms with Crippen LogP contribution < -0.4 is 10.5 Å². The molecule has 0 atom stereocenters. The molecule has 0 aliphatic carbocycles. The van der Waals surface area contributed by atoms with Gasteiger partial charge in [0.2, 0.25) is 10.0 Å². The Kier molecular flexibility index (Phi) is 5.05. The molecule has 0 radical (unpaired) electrons. The Labute approximate surface area is 111 Å². The number of nitrogens with one attached hydrogen (secondary N) is 1. The fourth-order valence-corrected chi connectivity index (χ4v) is 2.62. The minimum Gasteiger partial charge on any atom is -0.389 e. The minimum atomic E-state index is -3.46. The molecule has 7 nitrogen and oxygen atoms in total. The monoisotopic (exact) mass is 292 g/mol. The summed E-state index contributed by atoms with van der Waals surface area (Å²) in [5.74, 6) is 0.239. The summed E-state index contributed by atoms with van der Waals surface area (Å²) in [6.45, 7) is 0.383. The Morgan fingerprint density at radius 1 is 1.67 bits per heavy atom. The van der Waals surface area contributed by atoms with Gasteiger partial charge < -0.3 is 10.5 Å². The number of anilines is 1. The Balaban J connectivity index is 2.84. The number of ether oxygens (including phenoxy) is 1. The van der Waals surface area contributed by atoms with Crippen LogP contribution in [0.3, 0.4) is 0 Å². The number of hydrogen-bond donors (Lipinski definition) is 2. The lowest BCUT2D eigenvalue weighted by molar-refractivity contribution is 0.199. The summed E-state index contributed by atoms with van der Waals surface area (Å²) >= 11 is 4.83. The smallest absolute Gasteiger partial charge is 0.233 e. The maximum atomic E-state index is 11.8. The van der Waals surface area contributed by atoms with Crippen molar-refractivity contribution in [3.05, 3.63) is 11.8 Å². The maximum absolute atomic E-state index is 11.8. The summed E-state index contributed by atoms with van der Waals surface area (Å²) in [5.41, 5.74) is 5.90. The van der Waals surface area contributed by atoms with Gasteiger partial charge in [-0.1, -0.05) is 12.2 Å². The molecule has 0 amide bonds. The molecule has 0 aliphatic rings. The van der Waals surface area contributed by atoms with Crippen molar-refractivity contribution in [3.63, 3.8) is 0 Å². The number of nitrogens with zero attached hydrogens (tertiary/aromatic N) is 2. The van der Waals surface area contributed by atoms with Gasteiger partial charge in [0.15, 0.2) is 0 Å². The molecular weight excluding hydrogens is 276 g/mol. The SMILES string of the molecule is COCCCS(=O)(=O)Nc1c(C(N)=S)cnn1C. The molecule has 102 valence electrons.